The zero-order chi connectivity index (χ0) is 15.0. The molecule has 1 aliphatic rings. The topological polar surface area (TPSA) is 63.4 Å². The number of amides is 2. The Morgan fingerprint density at radius 1 is 1.24 bits per heavy atom. The highest BCUT2D eigenvalue weighted by molar-refractivity contribution is 9.10. The van der Waals surface area contributed by atoms with Crippen LogP contribution >= 0.6 is 15.9 Å². The van der Waals surface area contributed by atoms with Crippen molar-refractivity contribution in [2.75, 3.05) is 13.1 Å². The van der Waals surface area contributed by atoms with Crippen molar-refractivity contribution >= 4 is 38.5 Å². The van der Waals surface area contributed by atoms with Gasteiger partial charge in [0.15, 0.2) is 0 Å². The lowest BCUT2D eigenvalue weighted by Gasteiger charge is -2.17. The Hall–Kier alpha value is -1.88. The minimum absolute atomic E-state index is 0.0451. The zero-order valence-corrected chi connectivity index (χ0v) is 13.0. The number of hydrogen-bond acceptors (Lipinski definition) is 2. The second kappa shape index (κ2) is 5.48. The second-order valence-electron chi connectivity index (χ2n) is 5.31. The summed E-state index contributed by atoms with van der Waals surface area (Å²) in [6.45, 7) is 0.988. The predicted molar refractivity (Wildman–Crippen MR) is 84.9 cm³/mol. The third kappa shape index (κ3) is 2.65. The van der Waals surface area contributed by atoms with Gasteiger partial charge < -0.3 is 10.6 Å². The van der Waals surface area contributed by atoms with E-state index in [-0.39, 0.29) is 17.7 Å². The molecule has 5 heteroatoms. The Bertz CT molecular complexity index is 729. The molecule has 0 bridgehead atoms. The molecule has 0 aliphatic carbocycles. The average molecular weight is 347 g/mol. The molecule has 2 aromatic rings. The lowest BCUT2D eigenvalue weighted by molar-refractivity contribution is -0.121. The highest BCUT2D eigenvalue weighted by atomic mass is 79.9. The van der Waals surface area contributed by atoms with Crippen molar-refractivity contribution in [1.82, 2.24) is 4.90 Å². The zero-order valence-electron chi connectivity index (χ0n) is 11.4. The van der Waals surface area contributed by atoms with Crippen molar-refractivity contribution < 1.29 is 9.59 Å². The van der Waals surface area contributed by atoms with Crippen molar-refractivity contribution in [1.29, 1.82) is 0 Å². The summed E-state index contributed by atoms with van der Waals surface area (Å²) in [6.07, 6.45) is 0.646. The van der Waals surface area contributed by atoms with E-state index in [4.69, 9.17) is 5.73 Å². The van der Waals surface area contributed by atoms with E-state index in [1.807, 2.05) is 36.4 Å². The number of carbonyl (C=O) groups is 2. The maximum atomic E-state index is 12.7. The molecule has 1 aliphatic heterocycles. The first-order chi connectivity index (χ1) is 10.1. The highest BCUT2D eigenvalue weighted by Gasteiger charge is 2.30. The third-order valence-corrected chi connectivity index (χ3v) is 4.39. The second-order valence-corrected chi connectivity index (χ2v) is 6.23. The summed E-state index contributed by atoms with van der Waals surface area (Å²) in [7, 11) is 0. The maximum absolute atomic E-state index is 12.7. The van der Waals surface area contributed by atoms with Gasteiger partial charge in [-0.1, -0.05) is 40.2 Å². The lowest BCUT2D eigenvalue weighted by atomic mass is 10.0. The number of halogens is 1. The first-order valence-electron chi connectivity index (χ1n) is 6.83. The number of likely N-dealkylation sites (tertiary alicyclic amines) is 1. The number of benzene rings is 2. The summed E-state index contributed by atoms with van der Waals surface area (Å²) in [4.78, 5) is 25.7. The summed E-state index contributed by atoms with van der Waals surface area (Å²) in [5.74, 6) is -0.604. The molecule has 1 fully saturated rings. The molecule has 2 N–H and O–H groups in total. The fourth-order valence-electron chi connectivity index (χ4n) is 2.80. The van der Waals surface area contributed by atoms with Crippen molar-refractivity contribution in [3.63, 3.8) is 0 Å². The Labute approximate surface area is 131 Å². The molecule has 0 aromatic heterocycles. The van der Waals surface area contributed by atoms with E-state index in [0.29, 0.717) is 25.1 Å². The van der Waals surface area contributed by atoms with Crippen molar-refractivity contribution in [2.24, 2.45) is 11.7 Å². The van der Waals surface area contributed by atoms with Gasteiger partial charge in [-0.2, -0.15) is 0 Å². The van der Waals surface area contributed by atoms with Gasteiger partial charge >= 0.3 is 0 Å². The van der Waals surface area contributed by atoms with Crippen LogP contribution in [0.1, 0.15) is 16.8 Å². The van der Waals surface area contributed by atoms with Gasteiger partial charge in [0.1, 0.15) is 0 Å². The fraction of sp³-hybridized carbons (Fsp3) is 0.250. The standard InChI is InChI=1S/C16H15BrN2O2/c17-12-7-10-3-1-2-4-13(10)14(8-12)16(21)19-6-5-11(9-19)15(18)20/h1-4,7-8,11H,5-6,9H2,(H2,18,20). The Morgan fingerprint density at radius 3 is 2.71 bits per heavy atom. The van der Waals surface area contributed by atoms with Crippen LogP contribution in [0.5, 0.6) is 0 Å². The maximum Gasteiger partial charge on any atom is 0.254 e. The molecule has 1 unspecified atom stereocenters. The van der Waals surface area contributed by atoms with Crippen molar-refractivity contribution in [3.8, 4) is 0 Å². The van der Waals surface area contributed by atoms with E-state index in [1.165, 1.54) is 0 Å². The summed E-state index contributed by atoms with van der Waals surface area (Å²) < 4.78 is 0.871. The van der Waals surface area contributed by atoms with Gasteiger partial charge in [0.25, 0.3) is 5.91 Å². The van der Waals surface area contributed by atoms with Crippen LogP contribution in [0.2, 0.25) is 0 Å². The largest absolute Gasteiger partial charge is 0.369 e. The fourth-order valence-corrected chi connectivity index (χ4v) is 3.27. The molecule has 108 valence electrons. The van der Waals surface area contributed by atoms with E-state index in [0.717, 1.165) is 15.2 Å². The Kier molecular flexibility index (Phi) is 3.68. The van der Waals surface area contributed by atoms with Gasteiger partial charge in [-0.25, -0.2) is 0 Å². The van der Waals surface area contributed by atoms with Crippen LogP contribution < -0.4 is 5.73 Å². The number of nitrogens with two attached hydrogens (primary N) is 1. The predicted octanol–water partition coefficient (Wildman–Crippen LogP) is 2.55. The van der Waals surface area contributed by atoms with E-state index in [9.17, 15) is 9.59 Å². The first kappa shape index (κ1) is 14.1. The number of nitrogens with zero attached hydrogens (tertiary/aromatic N) is 1. The van der Waals surface area contributed by atoms with Gasteiger partial charge in [-0.3, -0.25) is 9.59 Å². The molecule has 0 radical (unpaired) electrons. The molecule has 1 saturated heterocycles. The molecule has 0 spiro atoms. The van der Waals surface area contributed by atoms with Crippen LogP contribution in [0.15, 0.2) is 40.9 Å². The Balaban J connectivity index is 1.97. The molecule has 21 heavy (non-hydrogen) atoms. The van der Waals surface area contributed by atoms with Crippen LogP contribution in [0.3, 0.4) is 0 Å². The summed E-state index contributed by atoms with van der Waals surface area (Å²) in [6, 6.07) is 11.6. The van der Waals surface area contributed by atoms with E-state index < -0.39 is 0 Å². The summed E-state index contributed by atoms with van der Waals surface area (Å²) in [5.41, 5.74) is 5.99. The summed E-state index contributed by atoms with van der Waals surface area (Å²) in [5, 5.41) is 1.94. The third-order valence-electron chi connectivity index (χ3n) is 3.93. The number of carbonyl (C=O) groups excluding carboxylic acids is 2. The van der Waals surface area contributed by atoms with Crippen LogP contribution in [-0.2, 0) is 4.79 Å². The molecule has 0 saturated carbocycles. The minimum Gasteiger partial charge on any atom is -0.369 e. The molecular weight excluding hydrogens is 332 g/mol. The number of hydrogen-bond donors (Lipinski definition) is 1. The van der Waals surface area contributed by atoms with E-state index in [1.54, 1.807) is 4.90 Å². The molecular formula is C16H15BrN2O2. The normalized spacial score (nSPS) is 18.1. The van der Waals surface area contributed by atoms with Crippen LogP contribution in [0.25, 0.3) is 10.8 Å². The van der Waals surface area contributed by atoms with Crippen molar-refractivity contribution in [3.05, 3.63) is 46.4 Å². The number of rotatable bonds is 2. The van der Waals surface area contributed by atoms with Crippen LogP contribution in [0.4, 0.5) is 0 Å². The molecule has 3 rings (SSSR count). The minimum atomic E-state index is -0.329. The van der Waals surface area contributed by atoms with Crippen LogP contribution in [-0.4, -0.2) is 29.8 Å². The van der Waals surface area contributed by atoms with Gasteiger partial charge in [0, 0.05) is 23.1 Å². The monoisotopic (exact) mass is 346 g/mol. The number of primary amides is 1. The number of fused-ring (bicyclic) bond motifs is 1. The van der Waals surface area contributed by atoms with Gasteiger partial charge in [0.05, 0.1) is 5.92 Å². The van der Waals surface area contributed by atoms with Gasteiger partial charge in [-0.15, -0.1) is 0 Å². The molecule has 2 aromatic carbocycles. The summed E-state index contributed by atoms with van der Waals surface area (Å²) >= 11 is 3.45. The molecule has 1 atom stereocenters. The molecule has 2 amide bonds. The quantitative estimate of drug-likeness (QED) is 0.908. The average Bonchev–Trinajstić information content (AvgIpc) is 2.95. The lowest BCUT2D eigenvalue weighted by Crippen LogP contribution is -2.31. The molecule has 4 nitrogen and oxygen atoms in total. The van der Waals surface area contributed by atoms with Gasteiger partial charge in [0.2, 0.25) is 5.91 Å². The highest BCUT2D eigenvalue weighted by Crippen LogP contribution is 2.27. The van der Waals surface area contributed by atoms with Crippen LogP contribution in [0, 0.1) is 5.92 Å². The smallest absolute Gasteiger partial charge is 0.254 e. The Morgan fingerprint density at radius 2 is 2.00 bits per heavy atom. The van der Waals surface area contributed by atoms with E-state index >= 15 is 0 Å². The van der Waals surface area contributed by atoms with E-state index in [2.05, 4.69) is 15.9 Å². The molecule has 1 heterocycles. The van der Waals surface area contributed by atoms with Gasteiger partial charge in [-0.05, 0) is 29.3 Å². The SMILES string of the molecule is NC(=O)C1CCN(C(=O)c2cc(Br)cc3ccccc23)C1. The first-order valence-corrected chi connectivity index (χ1v) is 7.62. The van der Waals surface area contributed by atoms with Crippen molar-refractivity contribution in [2.45, 2.75) is 6.42 Å².